The Labute approximate surface area is 395 Å². The van der Waals surface area contributed by atoms with Gasteiger partial charge in [0.05, 0.1) is 7.17 Å². The Bertz CT molecular complexity index is 1480. The smallest absolute Gasteiger partial charge is 0.124 e. The fourth-order valence-electron chi connectivity index (χ4n) is 11.3. The molecule has 0 saturated heterocycles. The van der Waals surface area contributed by atoms with Gasteiger partial charge in [0.15, 0.2) is 6.60 Å². The van der Waals surface area contributed by atoms with Gasteiger partial charge in [0.25, 0.3) is 0 Å². The van der Waals surface area contributed by atoms with Crippen molar-refractivity contribution < 1.29 is 0 Å². The van der Waals surface area contributed by atoms with Crippen LogP contribution in [0.25, 0.3) is 17.6 Å². The zero-order chi connectivity index (χ0) is 46.8. The number of allylic oxidation sites excluding steroid dienone is 1. The van der Waals surface area contributed by atoms with Gasteiger partial charge in [-0.15, -0.1) is 26.0 Å². The monoisotopic (exact) mass is 854 g/mol. The molecule has 3 aliphatic carbocycles. The maximum absolute atomic E-state index is 4.38. The maximum atomic E-state index is 4.38. The zero-order valence-corrected chi connectivity index (χ0v) is 42.9. The van der Waals surface area contributed by atoms with Gasteiger partial charge in [0.2, 0.25) is 0 Å². The average molecular weight is 854 g/mol. The van der Waals surface area contributed by atoms with Crippen molar-refractivity contribution in [2.24, 2.45) is 41.4 Å². The minimum absolute atomic E-state index is 0.194. The van der Waals surface area contributed by atoms with E-state index in [1.807, 2.05) is 26.0 Å². The van der Waals surface area contributed by atoms with E-state index in [4.69, 9.17) is 0 Å². The summed E-state index contributed by atoms with van der Waals surface area (Å²) in [4.78, 5) is 0. The Hall–Kier alpha value is -2.91. The number of benzene rings is 2. The van der Waals surface area contributed by atoms with Crippen LogP contribution in [0.4, 0.5) is 0 Å². The molecule has 2 aromatic rings. The van der Waals surface area contributed by atoms with Crippen LogP contribution in [-0.2, 0) is 0 Å². The van der Waals surface area contributed by atoms with Gasteiger partial charge in [0, 0.05) is 0 Å². The Morgan fingerprint density at radius 3 is 1.63 bits per heavy atom. The molecular formula is C61H99B2. The summed E-state index contributed by atoms with van der Waals surface area (Å²) in [7, 11) is 2.21. The zero-order valence-electron chi connectivity index (χ0n) is 42.9. The predicted molar refractivity (Wildman–Crippen MR) is 293 cm³/mol. The normalized spacial score (nSPS) is 21.5. The molecule has 0 heterocycles. The highest BCUT2D eigenvalue weighted by atomic mass is 14.4. The quantitative estimate of drug-likeness (QED) is 0.0508. The molecule has 0 aromatic heterocycles. The molecule has 0 nitrogen and oxygen atoms in total. The number of hydrogen-bond donors (Lipinski definition) is 0. The Morgan fingerprint density at radius 1 is 0.683 bits per heavy atom. The SMILES string of the molecule is C#C.C=CC1CCC(C2CCC(CCCCC)CC2)CC1.C=Cc1ccc(C=C)c(C(=C)B([B]C)c2ccccc2C)c1.CC.CCCCCC1CCC(C(CCC)CCC)CC1. The first kappa shape index (κ1) is 58.1. The average Bonchev–Trinajstić information content (AvgIpc) is 3.34. The summed E-state index contributed by atoms with van der Waals surface area (Å²) in [6.07, 6.45) is 49.5. The molecule has 3 saturated carbocycles. The van der Waals surface area contributed by atoms with Gasteiger partial charge in [-0.25, -0.2) is 0 Å². The van der Waals surface area contributed by atoms with E-state index in [1.165, 1.54) is 139 Å². The van der Waals surface area contributed by atoms with E-state index in [0.717, 1.165) is 63.6 Å². The molecule has 2 aromatic carbocycles. The first-order chi connectivity index (χ1) is 30.8. The second-order valence-corrected chi connectivity index (χ2v) is 19.2. The summed E-state index contributed by atoms with van der Waals surface area (Å²) in [6, 6.07) is 14.8. The third-order valence-corrected chi connectivity index (χ3v) is 15.1. The predicted octanol–water partition coefficient (Wildman–Crippen LogP) is 18.7. The van der Waals surface area contributed by atoms with E-state index >= 15 is 0 Å². The summed E-state index contributed by atoms with van der Waals surface area (Å²) in [5.41, 5.74) is 7.02. The molecule has 3 fully saturated rings. The van der Waals surface area contributed by atoms with Gasteiger partial charge in [0.1, 0.15) is 0 Å². The Morgan fingerprint density at radius 2 is 1.19 bits per heavy atom. The number of rotatable bonds is 21. The van der Waals surface area contributed by atoms with Crippen molar-refractivity contribution in [3.63, 3.8) is 0 Å². The van der Waals surface area contributed by atoms with E-state index in [0.29, 0.717) is 0 Å². The lowest BCUT2D eigenvalue weighted by Gasteiger charge is -2.37. The summed E-state index contributed by atoms with van der Waals surface area (Å²) in [6.45, 7) is 33.9. The van der Waals surface area contributed by atoms with Crippen molar-refractivity contribution in [2.45, 2.75) is 209 Å². The maximum Gasteiger partial charge on any atom is 0.170 e. The van der Waals surface area contributed by atoms with Gasteiger partial charge in [-0.05, 0) is 122 Å². The molecule has 3 aliphatic rings. The fourth-order valence-corrected chi connectivity index (χ4v) is 11.3. The van der Waals surface area contributed by atoms with Crippen LogP contribution in [0.15, 0.2) is 74.9 Å². The molecule has 0 aliphatic heterocycles. The molecule has 349 valence electrons. The van der Waals surface area contributed by atoms with Crippen LogP contribution in [0.5, 0.6) is 0 Å². The standard InChI is InChI=1S/C20H21B2.C19H34.C18H36.C2H6.C2H2/c1-6-17-12-13-18(7-2)19(14-17)16(4)22(21-5)20-11-9-8-10-15(20)3;1-3-5-6-7-17-10-14-19(15-11-17)18-12-8-16(4-2)9-13-18;1-4-7-8-11-16-12-14-18(15-13-16)17(9-5-2)10-6-3;2*1-2/h6-14H,1-2,4H2,3,5H3;4,16-19H,2-3,5-15H2,1H3;16-18H,4-15H2,1-3H3;1-2H3;1-2H. The van der Waals surface area contributed by atoms with Crippen molar-refractivity contribution in [3.05, 3.63) is 97.1 Å². The van der Waals surface area contributed by atoms with Crippen LogP contribution in [0.2, 0.25) is 6.82 Å². The van der Waals surface area contributed by atoms with Crippen LogP contribution in [-0.4, -0.2) is 13.8 Å². The van der Waals surface area contributed by atoms with Gasteiger partial charge < -0.3 is 0 Å². The molecule has 5 rings (SSSR count). The van der Waals surface area contributed by atoms with Crippen molar-refractivity contribution >= 4 is 36.9 Å². The Balaban J connectivity index is 0.000000456. The number of unbranched alkanes of at least 4 members (excludes halogenated alkanes) is 4. The lowest BCUT2D eigenvalue weighted by atomic mass is 9.16. The molecule has 0 spiro atoms. The van der Waals surface area contributed by atoms with E-state index in [1.54, 1.807) is 25.7 Å². The highest BCUT2D eigenvalue weighted by Gasteiger charge is 2.30. The minimum atomic E-state index is 0.194. The molecule has 0 N–H and O–H groups in total. The van der Waals surface area contributed by atoms with Crippen LogP contribution < -0.4 is 5.46 Å². The molecule has 1 radical (unpaired) electrons. The van der Waals surface area contributed by atoms with Gasteiger partial charge in [-0.3, -0.25) is 0 Å². The molecular weight excluding hydrogens is 754 g/mol. The lowest BCUT2D eigenvalue weighted by Crippen LogP contribution is -2.38. The number of hydrogen-bond acceptors (Lipinski definition) is 0. The molecule has 63 heavy (non-hydrogen) atoms. The van der Waals surface area contributed by atoms with Gasteiger partial charge >= 0.3 is 0 Å². The molecule has 0 bridgehead atoms. The number of terminal acetylenes is 1. The summed E-state index contributed by atoms with van der Waals surface area (Å²) in [5, 5.41) is 0. The van der Waals surface area contributed by atoms with Crippen molar-refractivity contribution in [1.29, 1.82) is 0 Å². The molecule has 0 amide bonds. The topological polar surface area (TPSA) is 0 Å². The van der Waals surface area contributed by atoms with Crippen molar-refractivity contribution in [1.82, 2.24) is 0 Å². The first-order valence-electron chi connectivity index (χ1n) is 26.7. The highest BCUT2D eigenvalue weighted by molar-refractivity contribution is 7.27. The van der Waals surface area contributed by atoms with E-state index < -0.39 is 0 Å². The largest absolute Gasteiger partial charge is 0.170 e. The van der Waals surface area contributed by atoms with Gasteiger partial charge in [-0.1, -0.05) is 235 Å². The van der Waals surface area contributed by atoms with Crippen LogP contribution in [0, 0.1) is 61.2 Å². The lowest BCUT2D eigenvalue weighted by molar-refractivity contribution is 0.151. The van der Waals surface area contributed by atoms with Crippen molar-refractivity contribution in [2.75, 3.05) is 0 Å². The van der Waals surface area contributed by atoms with E-state index in [-0.39, 0.29) is 6.60 Å². The third kappa shape index (κ3) is 21.3. The molecule has 0 atom stereocenters. The van der Waals surface area contributed by atoms with Gasteiger partial charge in [-0.2, -0.15) is 0 Å². The van der Waals surface area contributed by atoms with Crippen molar-refractivity contribution in [3.8, 4) is 12.8 Å². The van der Waals surface area contributed by atoms with E-state index in [2.05, 4.69) is 136 Å². The summed E-state index contributed by atoms with van der Waals surface area (Å²) >= 11 is 0. The second kappa shape index (κ2) is 36.3. The van der Waals surface area contributed by atoms with Crippen LogP contribution in [0.3, 0.4) is 0 Å². The molecule has 0 unspecified atom stereocenters. The Kier molecular flexibility index (Phi) is 33.5. The highest BCUT2D eigenvalue weighted by Crippen LogP contribution is 2.43. The van der Waals surface area contributed by atoms with Crippen LogP contribution in [0.1, 0.15) is 218 Å². The second-order valence-electron chi connectivity index (χ2n) is 19.2. The molecule has 2 heteroatoms. The first-order valence-corrected chi connectivity index (χ1v) is 26.7. The van der Waals surface area contributed by atoms with E-state index in [9.17, 15) is 0 Å². The third-order valence-electron chi connectivity index (χ3n) is 15.1. The summed E-state index contributed by atoms with van der Waals surface area (Å²) < 4.78 is 0. The van der Waals surface area contributed by atoms with Crippen LogP contribution >= 0.6 is 0 Å². The fraction of sp³-hybridized carbons (Fsp3) is 0.639. The summed E-state index contributed by atoms with van der Waals surface area (Å²) in [5.74, 6) is 7.26. The minimum Gasteiger partial charge on any atom is -0.124 e. The number of aryl methyl sites for hydroxylation is 1.